The van der Waals surface area contributed by atoms with E-state index in [1.165, 1.54) is 12.1 Å². The van der Waals surface area contributed by atoms with Crippen LogP contribution in [0.15, 0.2) is 54.6 Å². The van der Waals surface area contributed by atoms with E-state index in [4.69, 9.17) is 0 Å². The maximum Gasteiger partial charge on any atom is 0.387 e. The Balaban J connectivity index is 1.67. The number of rotatable bonds is 9. The number of benzene rings is 2. The summed E-state index contributed by atoms with van der Waals surface area (Å²) in [4.78, 5) is 13.9. The van der Waals surface area contributed by atoms with Crippen LogP contribution in [0.3, 0.4) is 0 Å². The van der Waals surface area contributed by atoms with Crippen molar-refractivity contribution in [1.29, 1.82) is 0 Å². The van der Waals surface area contributed by atoms with E-state index in [1.807, 2.05) is 42.3 Å². The predicted molar refractivity (Wildman–Crippen MR) is 92.6 cm³/mol. The number of amides is 1. The fourth-order valence-corrected chi connectivity index (χ4v) is 2.44. The van der Waals surface area contributed by atoms with E-state index in [0.29, 0.717) is 26.1 Å². The van der Waals surface area contributed by atoms with Crippen LogP contribution in [0.1, 0.15) is 11.1 Å². The lowest BCUT2D eigenvalue weighted by Gasteiger charge is -2.16. The third-order valence-corrected chi connectivity index (χ3v) is 3.59. The number of ether oxygens (including phenoxy) is 1. The van der Waals surface area contributed by atoms with Crippen LogP contribution in [-0.2, 0) is 17.8 Å². The van der Waals surface area contributed by atoms with Crippen LogP contribution in [0.4, 0.5) is 8.78 Å². The maximum absolute atomic E-state index is 12.1. The molecular weight excluding hydrogens is 326 g/mol. The predicted octanol–water partition coefficient (Wildman–Crippen LogP) is 3.08. The van der Waals surface area contributed by atoms with Gasteiger partial charge in [-0.3, -0.25) is 9.69 Å². The van der Waals surface area contributed by atoms with Gasteiger partial charge in [-0.2, -0.15) is 8.78 Å². The number of halogens is 2. The molecule has 4 nitrogen and oxygen atoms in total. The van der Waals surface area contributed by atoms with Gasteiger partial charge in [0.1, 0.15) is 5.75 Å². The van der Waals surface area contributed by atoms with Crippen molar-refractivity contribution in [3.05, 3.63) is 65.7 Å². The molecule has 134 valence electrons. The van der Waals surface area contributed by atoms with Crippen LogP contribution in [0.2, 0.25) is 0 Å². The third kappa shape index (κ3) is 7.30. The second-order valence-electron chi connectivity index (χ2n) is 5.78. The van der Waals surface area contributed by atoms with E-state index in [1.54, 1.807) is 12.1 Å². The van der Waals surface area contributed by atoms with Crippen molar-refractivity contribution >= 4 is 5.91 Å². The molecule has 0 bridgehead atoms. The molecule has 2 aromatic carbocycles. The fraction of sp³-hybridized carbons (Fsp3) is 0.316. The van der Waals surface area contributed by atoms with Crippen molar-refractivity contribution in [1.82, 2.24) is 10.2 Å². The van der Waals surface area contributed by atoms with E-state index in [-0.39, 0.29) is 11.7 Å². The van der Waals surface area contributed by atoms with E-state index in [0.717, 1.165) is 11.1 Å². The molecule has 2 rings (SSSR count). The molecule has 0 unspecified atom stereocenters. The fourth-order valence-electron chi connectivity index (χ4n) is 2.44. The Morgan fingerprint density at radius 3 is 2.40 bits per heavy atom. The minimum atomic E-state index is -2.82. The van der Waals surface area contributed by atoms with E-state index >= 15 is 0 Å². The van der Waals surface area contributed by atoms with Crippen molar-refractivity contribution < 1.29 is 18.3 Å². The Bertz CT molecular complexity index is 648. The standard InChI is InChI=1S/C19H22F2N2O2/c1-23(13-16-5-3-2-4-6-16)14-18(24)22-12-11-15-7-9-17(10-8-15)25-19(20)21/h2-10,19H,11-14H2,1H3,(H,22,24). The lowest BCUT2D eigenvalue weighted by atomic mass is 10.1. The summed E-state index contributed by atoms with van der Waals surface area (Å²) >= 11 is 0. The molecule has 0 atom stereocenters. The van der Waals surface area contributed by atoms with E-state index < -0.39 is 6.61 Å². The molecule has 0 saturated carbocycles. The number of alkyl halides is 2. The van der Waals surface area contributed by atoms with Crippen LogP contribution in [-0.4, -0.2) is 37.6 Å². The molecule has 6 heteroatoms. The third-order valence-electron chi connectivity index (χ3n) is 3.59. The number of hydrogen-bond donors (Lipinski definition) is 1. The minimum absolute atomic E-state index is 0.0453. The first-order valence-electron chi connectivity index (χ1n) is 8.06. The lowest BCUT2D eigenvalue weighted by Crippen LogP contribution is -2.35. The van der Waals surface area contributed by atoms with Gasteiger partial charge >= 0.3 is 6.61 Å². The zero-order valence-electron chi connectivity index (χ0n) is 14.1. The Morgan fingerprint density at radius 1 is 1.08 bits per heavy atom. The van der Waals surface area contributed by atoms with E-state index in [2.05, 4.69) is 10.1 Å². The van der Waals surface area contributed by atoms with Gasteiger partial charge in [-0.1, -0.05) is 42.5 Å². The van der Waals surface area contributed by atoms with Crippen molar-refractivity contribution in [2.45, 2.75) is 19.6 Å². The van der Waals surface area contributed by atoms with Gasteiger partial charge in [0.25, 0.3) is 0 Å². The molecule has 1 N–H and O–H groups in total. The molecule has 0 fully saturated rings. The number of nitrogens with zero attached hydrogens (tertiary/aromatic N) is 1. The minimum Gasteiger partial charge on any atom is -0.435 e. The molecule has 2 aromatic rings. The van der Waals surface area contributed by atoms with Crippen molar-refractivity contribution in [2.75, 3.05) is 20.1 Å². The Morgan fingerprint density at radius 2 is 1.76 bits per heavy atom. The molecule has 0 radical (unpaired) electrons. The highest BCUT2D eigenvalue weighted by Gasteiger charge is 2.07. The average molecular weight is 348 g/mol. The Labute approximate surface area is 146 Å². The first-order chi connectivity index (χ1) is 12.0. The summed E-state index contributed by atoms with van der Waals surface area (Å²) in [6, 6.07) is 16.4. The average Bonchev–Trinajstić information content (AvgIpc) is 2.56. The summed E-state index contributed by atoms with van der Waals surface area (Å²) in [5.41, 5.74) is 2.10. The summed E-state index contributed by atoms with van der Waals surface area (Å²) in [6.07, 6.45) is 0.628. The first-order valence-corrected chi connectivity index (χ1v) is 8.06. The first kappa shape index (κ1) is 18.9. The molecule has 0 spiro atoms. The quantitative estimate of drug-likeness (QED) is 0.757. The van der Waals surface area contributed by atoms with Crippen molar-refractivity contribution in [2.24, 2.45) is 0 Å². The molecular formula is C19H22F2N2O2. The zero-order chi connectivity index (χ0) is 18.1. The summed E-state index contributed by atoms with van der Waals surface area (Å²) in [5.74, 6) is 0.0846. The Kier molecular flexibility index (Phi) is 7.35. The maximum atomic E-state index is 12.1. The smallest absolute Gasteiger partial charge is 0.387 e. The van der Waals surface area contributed by atoms with Gasteiger partial charge < -0.3 is 10.1 Å². The number of carbonyl (C=O) groups excluding carboxylic acids is 1. The summed E-state index contributed by atoms with van der Waals surface area (Å²) in [5, 5.41) is 2.86. The molecule has 0 heterocycles. The summed E-state index contributed by atoms with van der Waals surface area (Å²) in [6.45, 7) is -1.30. The van der Waals surface area contributed by atoms with Gasteiger partial charge in [-0.05, 0) is 36.7 Å². The van der Waals surface area contributed by atoms with Crippen LogP contribution in [0, 0.1) is 0 Å². The zero-order valence-corrected chi connectivity index (χ0v) is 14.1. The van der Waals surface area contributed by atoms with Gasteiger partial charge in [0.2, 0.25) is 5.91 Å². The molecule has 0 aliphatic heterocycles. The van der Waals surface area contributed by atoms with Gasteiger partial charge in [0, 0.05) is 13.1 Å². The topological polar surface area (TPSA) is 41.6 Å². The number of nitrogens with one attached hydrogen (secondary N) is 1. The molecule has 0 aromatic heterocycles. The van der Waals surface area contributed by atoms with Gasteiger partial charge in [-0.15, -0.1) is 0 Å². The van der Waals surface area contributed by atoms with Crippen molar-refractivity contribution in [3.8, 4) is 5.75 Å². The highest BCUT2D eigenvalue weighted by molar-refractivity contribution is 5.77. The lowest BCUT2D eigenvalue weighted by molar-refractivity contribution is -0.122. The van der Waals surface area contributed by atoms with E-state index in [9.17, 15) is 13.6 Å². The Hall–Kier alpha value is -2.47. The molecule has 1 amide bonds. The number of likely N-dealkylation sites (N-methyl/N-ethyl adjacent to an activating group) is 1. The summed E-state index contributed by atoms with van der Waals surface area (Å²) < 4.78 is 28.5. The molecule has 0 aliphatic rings. The molecule has 0 saturated heterocycles. The number of carbonyl (C=O) groups is 1. The normalized spacial score (nSPS) is 10.9. The SMILES string of the molecule is CN(CC(=O)NCCc1ccc(OC(F)F)cc1)Cc1ccccc1. The van der Waals surface area contributed by atoms with Crippen LogP contribution < -0.4 is 10.1 Å². The highest BCUT2D eigenvalue weighted by Crippen LogP contribution is 2.14. The highest BCUT2D eigenvalue weighted by atomic mass is 19.3. The second-order valence-corrected chi connectivity index (χ2v) is 5.78. The van der Waals surface area contributed by atoms with Crippen molar-refractivity contribution in [3.63, 3.8) is 0 Å². The van der Waals surface area contributed by atoms with Crippen LogP contribution in [0.25, 0.3) is 0 Å². The summed E-state index contributed by atoms with van der Waals surface area (Å²) in [7, 11) is 1.90. The van der Waals surface area contributed by atoms with Crippen LogP contribution in [0.5, 0.6) is 5.75 Å². The molecule has 25 heavy (non-hydrogen) atoms. The molecule has 0 aliphatic carbocycles. The van der Waals surface area contributed by atoms with Gasteiger partial charge in [0.05, 0.1) is 6.54 Å². The monoisotopic (exact) mass is 348 g/mol. The van der Waals surface area contributed by atoms with Gasteiger partial charge in [0.15, 0.2) is 0 Å². The second kappa shape index (κ2) is 9.74. The van der Waals surface area contributed by atoms with Crippen LogP contribution >= 0.6 is 0 Å². The number of hydrogen-bond acceptors (Lipinski definition) is 3. The van der Waals surface area contributed by atoms with Gasteiger partial charge in [-0.25, -0.2) is 0 Å². The largest absolute Gasteiger partial charge is 0.435 e.